The molecule has 0 amide bonds. The van der Waals surface area contributed by atoms with Gasteiger partial charge in [-0.2, -0.15) is 0 Å². The van der Waals surface area contributed by atoms with E-state index in [1.165, 1.54) is 6.42 Å². The van der Waals surface area contributed by atoms with Gasteiger partial charge in [0.1, 0.15) is 5.76 Å². The van der Waals surface area contributed by atoms with E-state index in [0.717, 1.165) is 70.0 Å². The van der Waals surface area contributed by atoms with Gasteiger partial charge in [-0.25, -0.2) is 4.79 Å². The van der Waals surface area contributed by atoms with Gasteiger partial charge in [0, 0.05) is 25.6 Å². The first-order valence-electron chi connectivity index (χ1n) is 12.4. The lowest BCUT2D eigenvalue weighted by Crippen LogP contribution is -2.30. The third kappa shape index (κ3) is 7.87. The Morgan fingerprint density at radius 3 is 2.47 bits per heavy atom. The average Bonchev–Trinajstić information content (AvgIpc) is 3.07. The highest BCUT2D eigenvalue weighted by Gasteiger charge is 2.36. The molecule has 3 rings (SSSR count). The monoisotopic (exact) mass is 452 g/mol. The Morgan fingerprint density at radius 1 is 1.12 bits per heavy atom. The summed E-state index contributed by atoms with van der Waals surface area (Å²) < 4.78 is 29.2. The number of carboxylic acid groups (broad SMARTS) is 1. The van der Waals surface area contributed by atoms with Gasteiger partial charge in [0.05, 0.1) is 12.2 Å². The largest absolute Gasteiger partial charge is 0.511 e. The molecule has 0 bridgehead atoms. The van der Waals surface area contributed by atoms with Crippen LogP contribution in [0.25, 0.3) is 0 Å². The Morgan fingerprint density at radius 2 is 1.84 bits per heavy atom. The fourth-order valence-electron chi connectivity index (χ4n) is 4.64. The van der Waals surface area contributed by atoms with Gasteiger partial charge >= 0.3 is 6.16 Å². The van der Waals surface area contributed by atoms with E-state index in [9.17, 15) is 4.79 Å². The van der Waals surface area contributed by atoms with Crippen LogP contribution in [-0.4, -0.2) is 49.3 Å². The summed E-state index contributed by atoms with van der Waals surface area (Å²) in [5.41, 5.74) is 0.894. The molecule has 5 atom stereocenters. The van der Waals surface area contributed by atoms with E-state index in [1.54, 1.807) is 0 Å². The van der Waals surface area contributed by atoms with Crippen LogP contribution in [0.4, 0.5) is 4.79 Å². The van der Waals surface area contributed by atoms with E-state index >= 15 is 0 Å². The van der Waals surface area contributed by atoms with Crippen molar-refractivity contribution in [3.05, 3.63) is 23.5 Å². The molecule has 0 aromatic rings. The summed E-state index contributed by atoms with van der Waals surface area (Å²) in [6.45, 7) is 5.59. The van der Waals surface area contributed by atoms with Crippen molar-refractivity contribution in [1.29, 1.82) is 0 Å². The van der Waals surface area contributed by atoms with Crippen molar-refractivity contribution in [2.24, 2.45) is 5.92 Å². The molecule has 3 aliphatic rings. The number of unbranched alkanes of at least 4 members (excludes halogenated alkanes) is 2. The van der Waals surface area contributed by atoms with Crippen LogP contribution < -0.4 is 0 Å². The molecule has 0 radical (unpaired) electrons. The number of rotatable bonds is 11. The zero-order valence-electron chi connectivity index (χ0n) is 19.6. The maximum absolute atomic E-state index is 11.2. The standard InChI is InChI=1S/C25H40O7/c1-3-4-5-10-19(30-23-11-6-8-15-28-23)13-14-20-18(2)21(32-25(26)27)17-22(20)31-24-12-7-9-16-29-24/h13-14,19-20,22-24H,3-12,15-17H2,1-2H3,(H,26,27). The molecule has 2 saturated heterocycles. The van der Waals surface area contributed by atoms with E-state index in [-0.39, 0.29) is 30.7 Å². The average molecular weight is 453 g/mol. The van der Waals surface area contributed by atoms with Gasteiger partial charge in [-0.05, 0) is 57.4 Å². The van der Waals surface area contributed by atoms with Crippen LogP contribution >= 0.6 is 0 Å². The normalized spacial score (nSPS) is 30.1. The summed E-state index contributed by atoms with van der Waals surface area (Å²) in [6.07, 6.45) is 13.3. The van der Waals surface area contributed by atoms with Crippen molar-refractivity contribution in [2.45, 2.75) is 109 Å². The lowest BCUT2D eigenvalue weighted by molar-refractivity contribution is -0.191. The van der Waals surface area contributed by atoms with Gasteiger partial charge < -0.3 is 28.8 Å². The van der Waals surface area contributed by atoms with E-state index in [4.69, 9.17) is 28.8 Å². The minimum atomic E-state index is -1.29. The van der Waals surface area contributed by atoms with Crippen LogP contribution in [0.5, 0.6) is 0 Å². The molecule has 7 nitrogen and oxygen atoms in total. The summed E-state index contributed by atoms with van der Waals surface area (Å²) in [7, 11) is 0. The first kappa shape index (κ1) is 25.2. The van der Waals surface area contributed by atoms with Gasteiger partial charge in [0.25, 0.3) is 0 Å². The van der Waals surface area contributed by atoms with Crippen molar-refractivity contribution in [1.82, 2.24) is 0 Å². The second-order valence-electron chi connectivity index (χ2n) is 9.03. The first-order chi connectivity index (χ1) is 15.6. The van der Waals surface area contributed by atoms with Crippen LogP contribution in [0.2, 0.25) is 0 Å². The second kappa shape index (κ2) is 13.3. The summed E-state index contributed by atoms with van der Waals surface area (Å²) >= 11 is 0. The zero-order chi connectivity index (χ0) is 22.8. The third-order valence-corrected chi connectivity index (χ3v) is 6.49. The lowest BCUT2D eigenvalue weighted by Gasteiger charge is -2.29. The van der Waals surface area contributed by atoms with Gasteiger partial charge in [-0.15, -0.1) is 0 Å². The highest BCUT2D eigenvalue weighted by atomic mass is 16.7. The summed E-state index contributed by atoms with van der Waals surface area (Å²) in [5, 5.41) is 9.13. The molecular formula is C25H40O7. The Kier molecular flexibility index (Phi) is 10.5. The highest BCUT2D eigenvalue weighted by Crippen LogP contribution is 2.37. The molecule has 2 heterocycles. The van der Waals surface area contributed by atoms with Crippen LogP contribution in [0.3, 0.4) is 0 Å². The summed E-state index contributed by atoms with van der Waals surface area (Å²) in [4.78, 5) is 11.2. The number of hydrogen-bond donors (Lipinski definition) is 1. The molecule has 1 N–H and O–H groups in total. The maximum Gasteiger partial charge on any atom is 0.511 e. The fraction of sp³-hybridized carbons (Fsp3) is 0.800. The molecule has 0 spiro atoms. The topological polar surface area (TPSA) is 83.5 Å². The van der Waals surface area contributed by atoms with Crippen molar-refractivity contribution >= 4 is 6.16 Å². The quantitative estimate of drug-likeness (QED) is 0.236. The van der Waals surface area contributed by atoms with Gasteiger partial charge in [0.2, 0.25) is 0 Å². The smallest absolute Gasteiger partial charge is 0.449 e. The number of hydrogen-bond acceptors (Lipinski definition) is 6. The molecule has 2 aliphatic heterocycles. The third-order valence-electron chi connectivity index (χ3n) is 6.49. The van der Waals surface area contributed by atoms with Gasteiger partial charge in [0.15, 0.2) is 12.6 Å². The van der Waals surface area contributed by atoms with Crippen LogP contribution in [0.15, 0.2) is 23.5 Å². The Labute approximate surface area is 192 Å². The molecule has 0 aromatic heterocycles. The Bertz CT molecular complexity index is 632. The Balaban J connectivity index is 1.69. The molecule has 7 heteroatoms. The molecular weight excluding hydrogens is 412 g/mol. The van der Waals surface area contributed by atoms with Crippen LogP contribution in [-0.2, 0) is 23.7 Å². The van der Waals surface area contributed by atoms with Crippen LogP contribution in [0.1, 0.15) is 84.5 Å². The molecule has 32 heavy (non-hydrogen) atoms. The number of carbonyl (C=O) groups is 1. The molecule has 5 unspecified atom stereocenters. The zero-order valence-corrected chi connectivity index (χ0v) is 19.6. The van der Waals surface area contributed by atoms with E-state index in [0.29, 0.717) is 18.8 Å². The molecule has 2 fully saturated rings. The van der Waals surface area contributed by atoms with Crippen molar-refractivity contribution in [3.63, 3.8) is 0 Å². The fourth-order valence-corrected chi connectivity index (χ4v) is 4.64. The predicted molar refractivity (Wildman–Crippen MR) is 120 cm³/mol. The van der Waals surface area contributed by atoms with Crippen molar-refractivity contribution in [3.8, 4) is 0 Å². The Hall–Kier alpha value is -1.41. The number of ether oxygens (including phenoxy) is 5. The van der Waals surface area contributed by atoms with Crippen molar-refractivity contribution < 1.29 is 33.6 Å². The molecule has 0 aromatic carbocycles. The molecule has 1 aliphatic carbocycles. The molecule has 182 valence electrons. The van der Waals surface area contributed by atoms with Gasteiger partial charge in [-0.1, -0.05) is 38.3 Å². The van der Waals surface area contributed by atoms with E-state index < -0.39 is 6.16 Å². The lowest BCUT2D eigenvalue weighted by atomic mass is 9.98. The van der Waals surface area contributed by atoms with Crippen molar-refractivity contribution in [2.75, 3.05) is 13.2 Å². The minimum Gasteiger partial charge on any atom is -0.449 e. The molecule has 0 saturated carbocycles. The SMILES string of the molecule is CCCCCC(C=CC1C(C)=C(OC(=O)O)CC1OC1CCCCO1)OC1CCCCO1. The maximum atomic E-state index is 11.2. The first-order valence-corrected chi connectivity index (χ1v) is 12.4. The highest BCUT2D eigenvalue weighted by molar-refractivity contribution is 5.59. The summed E-state index contributed by atoms with van der Waals surface area (Å²) in [6, 6.07) is 0. The second-order valence-corrected chi connectivity index (χ2v) is 9.03. The minimum absolute atomic E-state index is 0.0338. The summed E-state index contributed by atoms with van der Waals surface area (Å²) in [5.74, 6) is 0.409. The van der Waals surface area contributed by atoms with E-state index in [1.807, 2.05) is 6.92 Å². The van der Waals surface area contributed by atoms with E-state index in [2.05, 4.69) is 19.1 Å². The van der Waals surface area contributed by atoms with Crippen LogP contribution in [0, 0.1) is 5.92 Å². The van der Waals surface area contributed by atoms with Gasteiger partial charge in [-0.3, -0.25) is 0 Å². The predicted octanol–water partition coefficient (Wildman–Crippen LogP) is 5.94.